The summed E-state index contributed by atoms with van der Waals surface area (Å²) in [5, 5.41) is 0. The summed E-state index contributed by atoms with van der Waals surface area (Å²) in [6.07, 6.45) is 1.17. The van der Waals surface area contributed by atoms with Gasteiger partial charge >= 0.3 is 0 Å². The Hall–Kier alpha value is 0.0500. The first kappa shape index (κ1) is 10.0. The van der Waals surface area contributed by atoms with Crippen molar-refractivity contribution in [3.63, 3.8) is 0 Å². The zero-order valence-corrected chi connectivity index (χ0v) is 7.59. The summed E-state index contributed by atoms with van der Waals surface area (Å²) in [4.78, 5) is 12.1. The third kappa shape index (κ3) is 2.03. The summed E-state index contributed by atoms with van der Waals surface area (Å²) in [5.41, 5.74) is 0. The molecule has 10 heavy (non-hydrogen) atoms. The van der Waals surface area contributed by atoms with Gasteiger partial charge in [0.05, 0.1) is 0 Å². The normalized spacial score (nSPS) is 11.2. The van der Waals surface area contributed by atoms with E-state index in [4.69, 9.17) is 23.4 Å². The van der Waals surface area contributed by atoms with Crippen LogP contribution >= 0.6 is 23.4 Å². The van der Waals surface area contributed by atoms with Crippen LogP contribution in [0.2, 0.25) is 0 Å². The van der Waals surface area contributed by atoms with Gasteiger partial charge in [-0.15, -0.1) is 11.6 Å². The average molecular weight is 184 g/mol. The van der Waals surface area contributed by atoms with E-state index in [1.807, 2.05) is 18.7 Å². The van der Waals surface area contributed by atoms with Gasteiger partial charge in [-0.05, 0) is 12.8 Å². The topological polar surface area (TPSA) is 29.1 Å². The monoisotopic (exact) mass is 183 g/mol. The van der Waals surface area contributed by atoms with Gasteiger partial charge in [0.15, 0.2) is 0 Å². The van der Waals surface area contributed by atoms with Gasteiger partial charge in [-0.25, -0.2) is 0 Å². The van der Waals surface area contributed by atoms with Crippen LogP contribution < -0.4 is 4.84 Å². The van der Waals surface area contributed by atoms with Crippen LogP contribution in [0.1, 0.15) is 26.7 Å². The minimum atomic E-state index is -0.818. The largest absolute Gasteiger partial charge is 0.272 e. The fourth-order valence-electron chi connectivity index (χ4n) is 0.656. The fourth-order valence-corrected chi connectivity index (χ4v) is 0.932. The Kier molecular flexibility index (Phi) is 4.06. The lowest BCUT2D eigenvalue weighted by atomic mass is 10.0. The molecule has 0 saturated heterocycles. The third-order valence-electron chi connectivity index (χ3n) is 1.61. The number of alkyl halides is 1. The molecule has 0 aliphatic carbocycles. The van der Waals surface area contributed by atoms with Crippen LogP contribution in [-0.2, 0) is 4.79 Å². The van der Waals surface area contributed by atoms with E-state index >= 15 is 0 Å². The second-order valence-electron chi connectivity index (χ2n) is 2.10. The van der Waals surface area contributed by atoms with Crippen LogP contribution in [-0.4, -0.2) is 10.8 Å². The Morgan fingerprint density at radius 2 is 1.90 bits per heavy atom. The minimum absolute atomic E-state index is 0.319. The molecule has 1 amide bonds. The molecule has 0 radical (unpaired) electrons. The number of carbonyl (C=O) groups excluding carboxylic acids is 1. The van der Waals surface area contributed by atoms with Crippen LogP contribution in [0.3, 0.4) is 0 Å². The maximum atomic E-state index is 10.9. The van der Waals surface area contributed by atoms with E-state index in [2.05, 4.69) is 0 Å². The van der Waals surface area contributed by atoms with Crippen molar-refractivity contribution in [2.24, 2.45) is 0 Å². The van der Waals surface area contributed by atoms with E-state index in [9.17, 15) is 4.79 Å². The summed E-state index contributed by atoms with van der Waals surface area (Å²) in [5.74, 6) is -0.319. The van der Waals surface area contributed by atoms with Gasteiger partial charge in [-0.3, -0.25) is 9.63 Å². The van der Waals surface area contributed by atoms with Crippen molar-refractivity contribution >= 4 is 29.3 Å². The molecule has 0 unspecified atom stereocenters. The molecule has 1 N–H and O–H groups in total. The molecule has 4 heteroatoms. The molecular formula is C6H11Cl2NO. The van der Waals surface area contributed by atoms with E-state index in [1.165, 1.54) is 0 Å². The molecule has 0 fully saturated rings. The van der Waals surface area contributed by atoms with Crippen LogP contribution in [0.15, 0.2) is 0 Å². The Morgan fingerprint density at radius 1 is 1.50 bits per heavy atom. The molecule has 0 aromatic carbocycles. The van der Waals surface area contributed by atoms with Crippen LogP contribution in [0.5, 0.6) is 0 Å². The van der Waals surface area contributed by atoms with E-state index in [-0.39, 0.29) is 5.91 Å². The van der Waals surface area contributed by atoms with Gasteiger partial charge in [0.2, 0.25) is 0 Å². The average Bonchev–Trinajstić information content (AvgIpc) is 2.01. The first-order valence-corrected chi connectivity index (χ1v) is 3.96. The molecule has 0 bridgehead atoms. The van der Waals surface area contributed by atoms with Crippen LogP contribution in [0.4, 0.5) is 0 Å². The number of nitrogens with one attached hydrogen (secondary N) is 1. The molecule has 0 rings (SSSR count). The molecule has 0 aromatic rings. The predicted octanol–water partition coefficient (Wildman–Crippen LogP) is 2.05. The highest BCUT2D eigenvalue weighted by Crippen LogP contribution is 2.23. The Morgan fingerprint density at radius 3 is 2.00 bits per heavy atom. The lowest BCUT2D eigenvalue weighted by Crippen LogP contribution is -2.37. The molecule has 0 aliphatic heterocycles. The first-order chi connectivity index (χ1) is 4.60. The summed E-state index contributed by atoms with van der Waals surface area (Å²) < 4.78 is 0. The second kappa shape index (κ2) is 4.04. The van der Waals surface area contributed by atoms with E-state index < -0.39 is 4.87 Å². The van der Waals surface area contributed by atoms with Crippen molar-refractivity contribution in [3.05, 3.63) is 0 Å². The zero-order chi connectivity index (χ0) is 8.20. The van der Waals surface area contributed by atoms with Crippen LogP contribution in [0, 0.1) is 0 Å². The molecule has 0 atom stereocenters. The minimum Gasteiger partial charge on any atom is -0.272 e. The van der Waals surface area contributed by atoms with Crippen molar-refractivity contribution in [2.45, 2.75) is 31.6 Å². The third-order valence-corrected chi connectivity index (χ3v) is 2.49. The molecule has 0 aliphatic rings. The van der Waals surface area contributed by atoms with E-state index in [0.717, 1.165) is 0 Å². The lowest BCUT2D eigenvalue weighted by molar-refractivity contribution is -0.122. The van der Waals surface area contributed by atoms with Gasteiger partial charge in [-0.2, -0.15) is 0 Å². The Bertz CT molecular complexity index is 123. The van der Waals surface area contributed by atoms with E-state index in [0.29, 0.717) is 12.8 Å². The first-order valence-electron chi connectivity index (χ1n) is 3.20. The number of hydrogen-bond donors (Lipinski definition) is 1. The summed E-state index contributed by atoms with van der Waals surface area (Å²) in [6.45, 7) is 3.70. The predicted molar refractivity (Wildman–Crippen MR) is 43.2 cm³/mol. The van der Waals surface area contributed by atoms with Crippen molar-refractivity contribution in [2.75, 3.05) is 0 Å². The van der Waals surface area contributed by atoms with Crippen LogP contribution in [0.25, 0.3) is 0 Å². The molecule has 0 saturated carbocycles. The van der Waals surface area contributed by atoms with Crippen molar-refractivity contribution < 1.29 is 4.79 Å². The number of carbonyl (C=O) groups is 1. The lowest BCUT2D eigenvalue weighted by Gasteiger charge is -2.19. The van der Waals surface area contributed by atoms with Crippen molar-refractivity contribution in [3.8, 4) is 0 Å². The van der Waals surface area contributed by atoms with Crippen molar-refractivity contribution in [1.82, 2.24) is 4.84 Å². The molecule has 0 heterocycles. The van der Waals surface area contributed by atoms with Gasteiger partial charge < -0.3 is 0 Å². The van der Waals surface area contributed by atoms with Gasteiger partial charge in [0.25, 0.3) is 5.91 Å². The standard InChI is InChI=1S/C6H11Cl2NO/c1-3-6(7,4-2)5(10)9-8/h3-4H2,1-2H3,(H,9,10). The second-order valence-corrected chi connectivity index (χ2v) is 3.01. The molecule has 0 spiro atoms. The Balaban J connectivity index is 4.17. The number of rotatable bonds is 3. The maximum absolute atomic E-state index is 10.9. The van der Waals surface area contributed by atoms with E-state index in [1.54, 1.807) is 0 Å². The maximum Gasteiger partial charge on any atom is 0.255 e. The summed E-state index contributed by atoms with van der Waals surface area (Å²) in [6, 6.07) is 0. The highest BCUT2D eigenvalue weighted by Gasteiger charge is 2.31. The number of hydrogen-bond acceptors (Lipinski definition) is 1. The quantitative estimate of drug-likeness (QED) is 0.527. The SMILES string of the molecule is CCC(Cl)(CC)C(=O)NCl. The highest BCUT2D eigenvalue weighted by atomic mass is 35.5. The molecular weight excluding hydrogens is 173 g/mol. The summed E-state index contributed by atoms with van der Waals surface area (Å²) in [7, 11) is 0. The fraction of sp³-hybridized carbons (Fsp3) is 0.833. The smallest absolute Gasteiger partial charge is 0.255 e. The molecule has 2 nitrogen and oxygen atoms in total. The Labute approximate surface area is 71.0 Å². The zero-order valence-electron chi connectivity index (χ0n) is 6.08. The molecule has 0 aromatic heterocycles. The highest BCUT2D eigenvalue weighted by molar-refractivity contribution is 6.38. The van der Waals surface area contributed by atoms with Gasteiger partial charge in [0, 0.05) is 11.8 Å². The van der Waals surface area contributed by atoms with Gasteiger partial charge in [-0.1, -0.05) is 13.8 Å². The van der Waals surface area contributed by atoms with Gasteiger partial charge in [0.1, 0.15) is 4.87 Å². The number of amides is 1. The number of halogens is 2. The van der Waals surface area contributed by atoms with Crippen molar-refractivity contribution in [1.29, 1.82) is 0 Å². The summed E-state index contributed by atoms with van der Waals surface area (Å²) >= 11 is 11.0. The molecule has 60 valence electrons.